The van der Waals surface area contributed by atoms with E-state index >= 15 is 0 Å². The van der Waals surface area contributed by atoms with Crippen LogP contribution in [0.3, 0.4) is 0 Å². The van der Waals surface area contributed by atoms with Crippen LogP contribution in [0.5, 0.6) is 0 Å². The molecule has 3 rings (SSSR count). The summed E-state index contributed by atoms with van der Waals surface area (Å²) in [6, 6.07) is 7.53. The van der Waals surface area contributed by atoms with Gasteiger partial charge in [-0.2, -0.15) is 0 Å². The number of para-hydroxylation sites is 1. The van der Waals surface area contributed by atoms with Gasteiger partial charge in [0.15, 0.2) is 5.82 Å². The molecule has 0 aliphatic rings. The maximum atomic E-state index is 12.5. The summed E-state index contributed by atoms with van der Waals surface area (Å²) >= 11 is 0. The lowest BCUT2D eigenvalue weighted by Gasteiger charge is -2.20. The first-order valence-corrected chi connectivity index (χ1v) is 8.82. The van der Waals surface area contributed by atoms with E-state index in [2.05, 4.69) is 22.0 Å². The Kier molecular flexibility index (Phi) is 5.45. The summed E-state index contributed by atoms with van der Waals surface area (Å²) in [7, 11) is 1.72. The molecule has 0 atom stereocenters. The van der Waals surface area contributed by atoms with Gasteiger partial charge in [0, 0.05) is 13.6 Å². The van der Waals surface area contributed by atoms with Crippen LogP contribution in [-0.2, 0) is 13.6 Å². The molecule has 0 aliphatic heterocycles. The zero-order valence-corrected chi connectivity index (χ0v) is 14.9. The van der Waals surface area contributed by atoms with E-state index < -0.39 is 0 Å². The summed E-state index contributed by atoms with van der Waals surface area (Å²) in [5, 5.41) is 18.6. The lowest BCUT2D eigenvalue weighted by atomic mass is 10.2. The van der Waals surface area contributed by atoms with Gasteiger partial charge in [-0.3, -0.25) is 18.7 Å². The standard InChI is InChI=1S/C18H25N5O2/c1-3-4-7-10-22(11-12-24)13-16-19-20-18-21(2)17(25)14-8-5-6-9-15(14)23(16)18/h5-6,8-9,24H,3-4,7,10-13H2,1-2H3. The van der Waals surface area contributed by atoms with Crippen LogP contribution in [0.1, 0.15) is 32.0 Å². The minimum absolute atomic E-state index is 0.0720. The Morgan fingerprint density at radius 2 is 1.96 bits per heavy atom. The Bertz CT molecular complexity index is 915. The molecule has 0 saturated carbocycles. The van der Waals surface area contributed by atoms with Crippen LogP contribution in [0.25, 0.3) is 16.7 Å². The number of aryl methyl sites for hydroxylation is 1. The van der Waals surface area contributed by atoms with Crippen molar-refractivity contribution < 1.29 is 5.11 Å². The van der Waals surface area contributed by atoms with Crippen LogP contribution < -0.4 is 5.56 Å². The molecule has 0 aliphatic carbocycles. The molecule has 1 aromatic carbocycles. The van der Waals surface area contributed by atoms with Crippen LogP contribution in [0, 0.1) is 0 Å². The lowest BCUT2D eigenvalue weighted by Crippen LogP contribution is -2.29. The SMILES string of the molecule is CCCCCN(CCO)Cc1nnc2n(C)c(=O)c3ccccc3n12. The van der Waals surface area contributed by atoms with Crippen LogP contribution in [0.15, 0.2) is 29.1 Å². The smallest absolute Gasteiger partial charge is 0.262 e. The van der Waals surface area contributed by atoms with E-state index in [-0.39, 0.29) is 12.2 Å². The van der Waals surface area contributed by atoms with E-state index in [0.29, 0.717) is 24.3 Å². The summed E-state index contributed by atoms with van der Waals surface area (Å²) in [5.74, 6) is 1.32. The minimum atomic E-state index is -0.0720. The van der Waals surface area contributed by atoms with Crippen molar-refractivity contribution in [2.75, 3.05) is 19.7 Å². The molecular weight excluding hydrogens is 318 g/mol. The number of hydrogen-bond donors (Lipinski definition) is 1. The molecule has 2 heterocycles. The fraction of sp³-hybridized carbons (Fsp3) is 0.500. The van der Waals surface area contributed by atoms with Crippen molar-refractivity contribution in [2.24, 2.45) is 7.05 Å². The van der Waals surface area contributed by atoms with E-state index in [1.165, 1.54) is 11.0 Å². The Morgan fingerprint density at radius 3 is 2.72 bits per heavy atom. The van der Waals surface area contributed by atoms with Gasteiger partial charge in [0.05, 0.1) is 24.1 Å². The first-order chi connectivity index (χ1) is 12.2. The van der Waals surface area contributed by atoms with Gasteiger partial charge in [-0.15, -0.1) is 10.2 Å². The Balaban J connectivity index is 2.03. The molecule has 0 radical (unpaired) electrons. The summed E-state index contributed by atoms with van der Waals surface area (Å²) in [5.41, 5.74) is 0.746. The number of hydrogen-bond acceptors (Lipinski definition) is 5. The van der Waals surface area contributed by atoms with Gasteiger partial charge >= 0.3 is 0 Å². The van der Waals surface area contributed by atoms with E-state index in [4.69, 9.17) is 0 Å². The quantitative estimate of drug-likeness (QED) is 0.628. The van der Waals surface area contributed by atoms with Crippen molar-refractivity contribution in [3.8, 4) is 0 Å². The summed E-state index contributed by atoms with van der Waals surface area (Å²) in [4.78, 5) is 14.7. The van der Waals surface area contributed by atoms with Gasteiger partial charge in [-0.1, -0.05) is 31.9 Å². The molecule has 0 bridgehead atoms. The molecule has 2 aromatic heterocycles. The highest BCUT2D eigenvalue weighted by Crippen LogP contribution is 2.15. The highest BCUT2D eigenvalue weighted by molar-refractivity contribution is 5.80. The molecule has 0 spiro atoms. The number of aliphatic hydroxyl groups is 1. The van der Waals surface area contributed by atoms with Gasteiger partial charge in [0.2, 0.25) is 5.78 Å². The van der Waals surface area contributed by atoms with Crippen LogP contribution in [0.4, 0.5) is 0 Å². The summed E-state index contributed by atoms with van der Waals surface area (Å²) in [6.07, 6.45) is 3.42. The van der Waals surface area contributed by atoms with Crippen molar-refractivity contribution in [3.05, 3.63) is 40.4 Å². The first-order valence-electron chi connectivity index (χ1n) is 8.82. The van der Waals surface area contributed by atoms with Gasteiger partial charge < -0.3 is 5.11 Å². The van der Waals surface area contributed by atoms with Gasteiger partial charge in [-0.05, 0) is 25.1 Å². The third kappa shape index (κ3) is 3.43. The van der Waals surface area contributed by atoms with E-state index in [0.717, 1.165) is 30.7 Å². The number of rotatable bonds is 8. The second-order valence-electron chi connectivity index (χ2n) is 6.34. The molecule has 1 N–H and O–H groups in total. The number of fused-ring (bicyclic) bond motifs is 3. The Morgan fingerprint density at radius 1 is 1.16 bits per heavy atom. The highest BCUT2D eigenvalue weighted by atomic mass is 16.3. The first kappa shape index (κ1) is 17.6. The molecule has 3 aromatic rings. The van der Waals surface area contributed by atoms with Gasteiger partial charge in [0.1, 0.15) is 0 Å². The van der Waals surface area contributed by atoms with Crippen LogP contribution >= 0.6 is 0 Å². The van der Waals surface area contributed by atoms with Crippen molar-refractivity contribution >= 4 is 16.7 Å². The van der Waals surface area contributed by atoms with Crippen LogP contribution in [-0.4, -0.2) is 48.9 Å². The van der Waals surface area contributed by atoms with E-state index in [1.807, 2.05) is 28.7 Å². The third-order valence-corrected chi connectivity index (χ3v) is 4.55. The Hall–Kier alpha value is -2.25. The number of aliphatic hydroxyl groups excluding tert-OH is 1. The number of unbranched alkanes of at least 4 members (excludes halogenated alkanes) is 2. The monoisotopic (exact) mass is 343 g/mol. The van der Waals surface area contributed by atoms with Crippen molar-refractivity contribution in [1.82, 2.24) is 24.1 Å². The highest BCUT2D eigenvalue weighted by Gasteiger charge is 2.16. The zero-order chi connectivity index (χ0) is 17.8. The van der Waals surface area contributed by atoms with Crippen molar-refractivity contribution in [1.29, 1.82) is 0 Å². The molecule has 0 unspecified atom stereocenters. The largest absolute Gasteiger partial charge is 0.395 e. The average molecular weight is 343 g/mol. The van der Waals surface area contributed by atoms with Crippen LogP contribution in [0.2, 0.25) is 0 Å². The normalized spacial score (nSPS) is 11.8. The van der Waals surface area contributed by atoms with Crippen molar-refractivity contribution in [2.45, 2.75) is 32.7 Å². The Labute approximate surface area is 146 Å². The molecule has 0 fully saturated rings. The molecule has 7 heteroatoms. The number of nitrogens with zero attached hydrogens (tertiary/aromatic N) is 5. The molecule has 134 valence electrons. The second-order valence-corrected chi connectivity index (χ2v) is 6.34. The van der Waals surface area contributed by atoms with Gasteiger partial charge in [0.25, 0.3) is 5.56 Å². The fourth-order valence-corrected chi connectivity index (χ4v) is 3.19. The summed E-state index contributed by atoms with van der Waals surface area (Å²) < 4.78 is 3.48. The summed E-state index contributed by atoms with van der Waals surface area (Å²) in [6.45, 7) is 4.39. The molecular formula is C18H25N5O2. The zero-order valence-electron chi connectivity index (χ0n) is 14.9. The second kappa shape index (κ2) is 7.76. The fourth-order valence-electron chi connectivity index (χ4n) is 3.19. The molecule has 0 amide bonds. The number of aromatic nitrogens is 4. The lowest BCUT2D eigenvalue weighted by molar-refractivity contribution is 0.184. The maximum Gasteiger partial charge on any atom is 0.262 e. The van der Waals surface area contributed by atoms with E-state index in [1.54, 1.807) is 7.05 Å². The van der Waals surface area contributed by atoms with E-state index in [9.17, 15) is 9.90 Å². The minimum Gasteiger partial charge on any atom is -0.395 e. The third-order valence-electron chi connectivity index (χ3n) is 4.55. The van der Waals surface area contributed by atoms with Gasteiger partial charge in [-0.25, -0.2) is 0 Å². The predicted molar refractivity (Wildman–Crippen MR) is 97.6 cm³/mol. The molecule has 7 nitrogen and oxygen atoms in total. The average Bonchev–Trinajstić information content (AvgIpc) is 3.04. The maximum absolute atomic E-state index is 12.5. The predicted octanol–water partition coefficient (Wildman–Crippen LogP) is 1.57. The van der Waals surface area contributed by atoms with Crippen molar-refractivity contribution in [3.63, 3.8) is 0 Å². The molecule has 25 heavy (non-hydrogen) atoms. The number of benzene rings is 1. The molecule has 0 saturated heterocycles. The topological polar surface area (TPSA) is 75.7 Å².